The number of anilines is 1. The van der Waals surface area contributed by atoms with Gasteiger partial charge in [0.2, 0.25) is 0 Å². The summed E-state index contributed by atoms with van der Waals surface area (Å²) < 4.78 is 27.2. The summed E-state index contributed by atoms with van der Waals surface area (Å²) in [5.74, 6) is 0.143. The van der Waals surface area contributed by atoms with E-state index >= 15 is 4.39 Å². The molecule has 3 aromatic rings. The Bertz CT molecular complexity index is 1040. The molecule has 0 spiro atoms. The SMILES string of the molecule is COc1ccc([C@@H]2C[C@@H](c3cccc(OC)c3)C[C@]2(F)C(=O)Nc2ccccc2)cc1. The van der Waals surface area contributed by atoms with Gasteiger partial charge in [0.25, 0.3) is 5.91 Å². The fourth-order valence-electron chi connectivity index (χ4n) is 4.45. The first-order valence-corrected chi connectivity index (χ1v) is 10.4. The molecule has 4 nitrogen and oxygen atoms in total. The van der Waals surface area contributed by atoms with Crippen molar-refractivity contribution >= 4 is 11.6 Å². The van der Waals surface area contributed by atoms with Gasteiger partial charge in [-0.1, -0.05) is 42.5 Å². The van der Waals surface area contributed by atoms with E-state index in [1.807, 2.05) is 66.7 Å². The quantitative estimate of drug-likeness (QED) is 0.557. The van der Waals surface area contributed by atoms with Crippen molar-refractivity contribution in [1.29, 1.82) is 0 Å². The number of hydrogen-bond acceptors (Lipinski definition) is 3. The number of hydrogen-bond donors (Lipinski definition) is 1. The number of methoxy groups -OCH3 is 2. The molecule has 5 heteroatoms. The van der Waals surface area contributed by atoms with E-state index in [-0.39, 0.29) is 12.3 Å². The first kappa shape index (κ1) is 20.9. The Kier molecular flexibility index (Phi) is 5.94. The van der Waals surface area contributed by atoms with E-state index in [4.69, 9.17) is 9.47 Å². The molecule has 1 saturated carbocycles. The van der Waals surface area contributed by atoms with Gasteiger partial charge < -0.3 is 14.8 Å². The second kappa shape index (κ2) is 8.80. The van der Waals surface area contributed by atoms with Gasteiger partial charge in [-0.25, -0.2) is 4.39 Å². The molecule has 0 aromatic heterocycles. The van der Waals surface area contributed by atoms with Crippen molar-refractivity contribution in [1.82, 2.24) is 0 Å². The molecule has 3 atom stereocenters. The molecule has 0 bridgehead atoms. The normalized spacial score (nSPS) is 22.7. The van der Waals surface area contributed by atoms with Crippen LogP contribution in [0.15, 0.2) is 78.9 Å². The van der Waals surface area contributed by atoms with Crippen molar-refractivity contribution in [2.24, 2.45) is 0 Å². The van der Waals surface area contributed by atoms with Crippen LogP contribution in [0.5, 0.6) is 11.5 Å². The van der Waals surface area contributed by atoms with Crippen molar-refractivity contribution < 1.29 is 18.7 Å². The smallest absolute Gasteiger partial charge is 0.262 e. The van der Waals surface area contributed by atoms with Gasteiger partial charge in [0.15, 0.2) is 5.67 Å². The van der Waals surface area contributed by atoms with Crippen LogP contribution in [-0.2, 0) is 4.79 Å². The first-order valence-electron chi connectivity index (χ1n) is 10.4. The lowest BCUT2D eigenvalue weighted by Gasteiger charge is -2.26. The third-order valence-corrected chi connectivity index (χ3v) is 6.11. The van der Waals surface area contributed by atoms with Crippen molar-refractivity contribution in [3.05, 3.63) is 90.0 Å². The number of ether oxygens (including phenoxy) is 2. The molecule has 31 heavy (non-hydrogen) atoms. The number of amides is 1. The summed E-state index contributed by atoms with van der Waals surface area (Å²) in [4.78, 5) is 13.2. The molecule has 1 amide bonds. The molecule has 1 aliphatic rings. The monoisotopic (exact) mass is 419 g/mol. The Morgan fingerprint density at radius 3 is 2.29 bits per heavy atom. The summed E-state index contributed by atoms with van der Waals surface area (Å²) in [6.07, 6.45) is 0.633. The van der Waals surface area contributed by atoms with Gasteiger partial charge in [-0.05, 0) is 66.3 Å². The number of halogens is 1. The van der Waals surface area contributed by atoms with Gasteiger partial charge >= 0.3 is 0 Å². The maximum Gasteiger partial charge on any atom is 0.262 e. The van der Waals surface area contributed by atoms with Crippen LogP contribution >= 0.6 is 0 Å². The number of alkyl halides is 1. The van der Waals surface area contributed by atoms with E-state index in [1.54, 1.807) is 26.4 Å². The molecule has 4 rings (SSSR count). The summed E-state index contributed by atoms with van der Waals surface area (Å²) in [5, 5.41) is 2.78. The van der Waals surface area contributed by atoms with Gasteiger partial charge in [-0.3, -0.25) is 4.79 Å². The molecule has 0 saturated heterocycles. The summed E-state index contributed by atoms with van der Waals surface area (Å²) in [6, 6.07) is 24.0. The highest BCUT2D eigenvalue weighted by Gasteiger charge is 2.54. The highest BCUT2D eigenvalue weighted by Crippen LogP contribution is 2.53. The molecule has 0 unspecified atom stereocenters. The van der Waals surface area contributed by atoms with Crippen LogP contribution in [-0.4, -0.2) is 25.8 Å². The number of rotatable bonds is 6. The number of carbonyl (C=O) groups is 1. The van der Waals surface area contributed by atoms with Crippen LogP contribution in [0.25, 0.3) is 0 Å². The van der Waals surface area contributed by atoms with Crippen LogP contribution < -0.4 is 14.8 Å². The average Bonchev–Trinajstić information content (AvgIpc) is 3.18. The summed E-state index contributed by atoms with van der Waals surface area (Å²) in [6.45, 7) is 0. The van der Waals surface area contributed by atoms with Crippen LogP contribution in [0.1, 0.15) is 35.8 Å². The summed E-state index contributed by atoms with van der Waals surface area (Å²) in [7, 11) is 3.21. The van der Waals surface area contributed by atoms with E-state index in [1.165, 1.54) is 0 Å². The molecule has 0 heterocycles. The molecule has 1 fully saturated rings. The lowest BCUT2D eigenvalue weighted by atomic mass is 9.85. The first-order chi connectivity index (χ1) is 15.0. The number of carbonyl (C=O) groups excluding carboxylic acids is 1. The standard InChI is InChI=1S/C26H26FNO3/c1-30-22-13-11-18(12-14-22)24-16-20(19-7-6-10-23(15-19)31-2)17-26(24,27)25(29)28-21-8-4-3-5-9-21/h3-15,20,24H,16-17H2,1-2H3,(H,28,29)/t20-,24+,26-/m1/s1. The minimum absolute atomic E-state index is 0.103. The fraction of sp³-hybridized carbons (Fsp3) is 0.269. The molecular formula is C26H26FNO3. The maximum atomic E-state index is 16.6. The highest BCUT2D eigenvalue weighted by atomic mass is 19.1. The van der Waals surface area contributed by atoms with Crippen molar-refractivity contribution in [3.63, 3.8) is 0 Å². The van der Waals surface area contributed by atoms with Gasteiger partial charge in [-0.2, -0.15) is 0 Å². The minimum Gasteiger partial charge on any atom is -0.497 e. The van der Waals surface area contributed by atoms with Crippen molar-refractivity contribution in [2.45, 2.75) is 30.3 Å². The van der Waals surface area contributed by atoms with E-state index in [2.05, 4.69) is 5.32 Å². The second-order valence-corrected chi connectivity index (χ2v) is 7.92. The largest absolute Gasteiger partial charge is 0.497 e. The van der Waals surface area contributed by atoms with Gasteiger partial charge in [-0.15, -0.1) is 0 Å². The van der Waals surface area contributed by atoms with Crippen LogP contribution in [0.2, 0.25) is 0 Å². The van der Waals surface area contributed by atoms with E-state index < -0.39 is 17.5 Å². The minimum atomic E-state index is -2.04. The van der Waals surface area contributed by atoms with E-state index in [9.17, 15) is 4.79 Å². The molecule has 1 N–H and O–H groups in total. The van der Waals surface area contributed by atoms with Crippen molar-refractivity contribution in [3.8, 4) is 11.5 Å². The molecule has 3 aromatic carbocycles. The Hall–Kier alpha value is -3.34. The maximum absolute atomic E-state index is 16.6. The lowest BCUT2D eigenvalue weighted by molar-refractivity contribution is -0.128. The van der Waals surface area contributed by atoms with E-state index in [0.717, 1.165) is 16.9 Å². The Morgan fingerprint density at radius 1 is 0.903 bits per heavy atom. The molecular weight excluding hydrogens is 393 g/mol. The predicted octanol–water partition coefficient (Wildman–Crippen LogP) is 5.71. The van der Waals surface area contributed by atoms with E-state index in [0.29, 0.717) is 17.9 Å². The van der Waals surface area contributed by atoms with Gasteiger partial charge in [0, 0.05) is 11.6 Å². The van der Waals surface area contributed by atoms with Gasteiger partial charge in [0.1, 0.15) is 11.5 Å². The molecule has 1 aliphatic carbocycles. The molecule has 0 radical (unpaired) electrons. The predicted molar refractivity (Wildman–Crippen MR) is 120 cm³/mol. The lowest BCUT2D eigenvalue weighted by Crippen LogP contribution is -2.41. The fourth-order valence-corrected chi connectivity index (χ4v) is 4.45. The third kappa shape index (κ3) is 4.26. The zero-order valence-corrected chi connectivity index (χ0v) is 17.7. The van der Waals surface area contributed by atoms with Crippen LogP contribution in [0, 0.1) is 0 Å². The zero-order chi connectivity index (χ0) is 21.8. The average molecular weight is 419 g/mol. The third-order valence-electron chi connectivity index (χ3n) is 6.11. The zero-order valence-electron chi connectivity index (χ0n) is 17.7. The van der Waals surface area contributed by atoms with Gasteiger partial charge in [0.05, 0.1) is 14.2 Å². The molecule has 160 valence electrons. The summed E-state index contributed by atoms with van der Waals surface area (Å²) >= 11 is 0. The topological polar surface area (TPSA) is 47.6 Å². The molecule has 0 aliphatic heterocycles. The summed E-state index contributed by atoms with van der Waals surface area (Å²) in [5.41, 5.74) is 0.308. The van der Waals surface area contributed by atoms with Crippen LogP contribution in [0.3, 0.4) is 0 Å². The Morgan fingerprint density at radius 2 is 1.61 bits per heavy atom. The van der Waals surface area contributed by atoms with Crippen LogP contribution in [0.4, 0.5) is 10.1 Å². The Labute approximate surface area is 182 Å². The Balaban J connectivity index is 1.68. The number of para-hydroxylation sites is 1. The second-order valence-electron chi connectivity index (χ2n) is 7.92. The van der Waals surface area contributed by atoms with Crippen molar-refractivity contribution in [2.75, 3.05) is 19.5 Å². The number of nitrogens with one attached hydrogen (secondary N) is 1. The number of benzene rings is 3. The highest BCUT2D eigenvalue weighted by molar-refractivity contribution is 5.98.